The first kappa shape index (κ1) is 11.2. The average Bonchev–Trinajstić information content (AvgIpc) is 1.91. The van der Waals surface area contributed by atoms with E-state index in [1.54, 1.807) is 0 Å². The molecule has 1 heterocycles. The number of halogens is 2. The molecule has 0 aliphatic rings. The highest BCUT2D eigenvalue weighted by molar-refractivity contribution is 5.85. The van der Waals surface area contributed by atoms with Gasteiger partial charge in [-0.15, -0.1) is 24.8 Å². The monoisotopic (exact) mass is 170 g/mol. The zero-order valence-corrected chi connectivity index (χ0v) is 6.13. The van der Waals surface area contributed by atoms with Crippen molar-refractivity contribution in [2.24, 2.45) is 0 Å². The minimum absolute atomic E-state index is 0. The molecule has 6 heteroatoms. The van der Waals surface area contributed by atoms with E-state index in [0.29, 0.717) is 11.5 Å². The van der Waals surface area contributed by atoms with Crippen LogP contribution in [-0.2, 0) is 0 Å². The largest absolute Gasteiger partial charge is 0.394 e. The van der Waals surface area contributed by atoms with Crippen LogP contribution in [0.2, 0.25) is 0 Å². The molecule has 9 heavy (non-hydrogen) atoms. The van der Waals surface area contributed by atoms with Gasteiger partial charge in [0.25, 0.3) is 0 Å². The van der Waals surface area contributed by atoms with Crippen LogP contribution >= 0.6 is 24.8 Å². The molecule has 5 N–H and O–H groups in total. The predicted molar refractivity (Wildman–Crippen MR) is 41.9 cm³/mol. The van der Waals surface area contributed by atoms with Gasteiger partial charge in [-0.1, -0.05) is 0 Å². The number of nitrogens with zero attached hydrogens (tertiary/aromatic N) is 1. The molecule has 54 valence electrons. The molecular weight excluding hydrogens is 163 g/mol. The Labute approximate surface area is 64.8 Å². The molecule has 0 spiro atoms. The second-order valence-electron chi connectivity index (χ2n) is 1.24. The Bertz CT molecular complexity index is 146. The number of nitrogens with two attached hydrogens (primary N) is 2. The summed E-state index contributed by atoms with van der Waals surface area (Å²) in [7, 11) is 0. The summed E-state index contributed by atoms with van der Waals surface area (Å²) < 4.78 is 0. The number of hydrogen-bond donors (Lipinski definition) is 3. The molecule has 0 atom stereocenters. The summed E-state index contributed by atoms with van der Waals surface area (Å²) >= 11 is 0. The second-order valence-corrected chi connectivity index (χ2v) is 1.24. The Morgan fingerprint density at radius 2 is 1.89 bits per heavy atom. The van der Waals surface area contributed by atoms with Gasteiger partial charge in [-0.05, 0) is 0 Å². The Kier molecular flexibility index (Phi) is 5.34. The van der Waals surface area contributed by atoms with Crippen molar-refractivity contribution in [2.75, 3.05) is 11.5 Å². The van der Waals surface area contributed by atoms with Crippen molar-refractivity contribution in [3.63, 3.8) is 0 Å². The van der Waals surface area contributed by atoms with Gasteiger partial charge < -0.3 is 11.5 Å². The maximum Gasteiger partial charge on any atom is 0.142 e. The number of nitrogens with one attached hydrogen (secondary N) is 1. The summed E-state index contributed by atoms with van der Waals surface area (Å²) in [6.45, 7) is 0. The van der Waals surface area contributed by atoms with E-state index in [-0.39, 0.29) is 24.8 Å². The van der Waals surface area contributed by atoms with Crippen molar-refractivity contribution >= 4 is 36.3 Å². The molecular formula is C3H8Cl2N4. The highest BCUT2D eigenvalue weighted by Gasteiger charge is 1.89. The van der Waals surface area contributed by atoms with E-state index in [9.17, 15) is 0 Å². The third-order valence-corrected chi connectivity index (χ3v) is 0.700. The lowest BCUT2D eigenvalue weighted by Crippen LogP contribution is -1.89. The van der Waals surface area contributed by atoms with Crippen LogP contribution in [0.25, 0.3) is 0 Å². The van der Waals surface area contributed by atoms with Gasteiger partial charge >= 0.3 is 0 Å². The summed E-state index contributed by atoms with van der Waals surface area (Å²) in [4.78, 5) is 0. The van der Waals surface area contributed by atoms with Crippen molar-refractivity contribution < 1.29 is 0 Å². The average molecular weight is 171 g/mol. The smallest absolute Gasteiger partial charge is 0.142 e. The van der Waals surface area contributed by atoms with E-state index >= 15 is 0 Å². The number of H-pyrrole nitrogens is 1. The lowest BCUT2D eigenvalue weighted by Gasteiger charge is -1.80. The van der Waals surface area contributed by atoms with Crippen molar-refractivity contribution in [1.82, 2.24) is 10.2 Å². The summed E-state index contributed by atoms with van der Waals surface area (Å²) in [6.07, 6.45) is 1.47. The molecule has 0 radical (unpaired) electrons. The predicted octanol–water partition coefficient (Wildman–Crippen LogP) is 0.418. The van der Waals surface area contributed by atoms with Crippen LogP contribution in [0.1, 0.15) is 0 Å². The Balaban J connectivity index is 0. The normalized spacial score (nSPS) is 7.11. The van der Waals surface area contributed by atoms with Crippen LogP contribution in [-0.4, -0.2) is 10.2 Å². The van der Waals surface area contributed by atoms with Crippen LogP contribution < -0.4 is 11.5 Å². The summed E-state index contributed by atoms with van der Waals surface area (Å²) in [5.41, 5.74) is 10.9. The Morgan fingerprint density at radius 3 is 2.00 bits per heavy atom. The van der Waals surface area contributed by atoms with Gasteiger partial charge in [-0.25, -0.2) is 0 Å². The van der Waals surface area contributed by atoms with Crippen molar-refractivity contribution in [1.29, 1.82) is 0 Å². The van der Waals surface area contributed by atoms with Crippen LogP contribution in [0.15, 0.2) is 6.20 Å². The molecule has 0 aromatic carbocycles. The van der Waals surface area contributed by atoms with E-state index in [2.05, 4.69) is 10.2 Å². The number of aromatic nitrogens is 2. The summed E-state index contributed by atoms with van der Waals surface area (Å²) in [5.74, 6) is 0.431. The zero-order valence-electron chi connectivity index (χ0n) is 4.50. The van der Waals surface area contributed by atoms with E-state index in [1.807, 2.05) is 0 Å². The zero-order chi connectivity index (χ0) is 5.28. The highest BCUT2D eigenvalue weighted by atomic mass is 35.5. The van der Waals surface area contributed by atoms with Gasteiger partial charge in [0.05, 0.1) is 11.9 Å². The first-order valence-electron chi connectivity index (χ1n) is 1.85. The maximum atomic E-state index is 5.22. The lowest BCUT2D eigenvalue weighted by atomic mass is 10.6. The first-order chi connectivity index (χ1) is 3.30. The fraction of sp³-hybridized carbons (Fsp3) is 0. The highest BCUT2D eigenvalue weighted by Crippen LogP contribution is 2.04. The molecule has 4 nitrogen and oxygen atoms in total. The van der Waals surface area contributed by atoms with Crippen LogP contribution in [0.5, 0.6) is 0 Å². The third-order valence-electron chi connectivity index (χ3n) is 0.700. The van der Waals surface area contributed by atoms with E-state index in [1.165, 1.54) is 6.20 Å². The van der Waals surface area contributed by atoms with Crippen LogP contribution in [0.3, 0.4) is 0 Å². The molecule has 1 aromatic rings. The van der Waals surface area contributed by atoms with E-state index in [4.69, 9.17) is 11.5 Å². The summed E-state index contributed by atoms with van der Waals surface area (Å²) in [6, 6.07) is 0. The van der Waals surface area contributed by atoms with Gasteiger partial charge in [0.15, 0.2) is 0 Å². The van der Waals surface area contributed by atoms with Gasteiger partial charge in [-0.2, -0.15) is 5.10 Å². The lowest BCUT2D eigenvalue weighted by molar-refractivity contribution is 1.10. The van der Waals surface area contributed by atoms with Gasteiger partial charge in [0, 0.05) is 0 Å². The third kappa shape index (κ3) is 2.43. The Morgan fingerprint density at radius 1 is 1.33 bits per heavy atom. The topological polar surface area (TPSA) is 80.7 Å². The van der Waals surface area contributed by atoms with Gasteiger partial charge in [-0.3, -0.25) is 5.10 Å². The molecule has 0 saturated heterocycles. The van der Waals surface area contributed by atoms with Crippen LogP contribution in [0, 0.1) is 0 Å². The standard InChI is InChI=1S/C3H6N4.2ClH/c4-2-1-6-7-3(2)5;;/h1H,4H2,(H3,5,6,7);2*1H. The minimum Gasteiger partial charge on any atom is -0.394 e. The van der Waals surface area contributed by atoms with E-state index < -0.39 is 0 Å². The molecule has 0 bridgehead atoms. The number of nitrogen functional groups attached to an aromatic ring is 2. The number of aromatic amines is 1. The van der Waals surface area contributed by atoms with Crippen molar-refractivity contribution in [3.05, 3.63) is 6.20 Å². The fourth-order valence-electron chi connectivity index (χ4n) is 0.305. The molecule has 1 aromatic heterocycles. The van der Waals surface area contributed by atoms with Gasteiger partial charge in [0.1, 0.15) is 5.82 Å². The summed E-state index contributed by atoms with van der Waals surface area (Å²) in [5, 5.41) is 6.02. The van der Waals surface area contributed by atoms with E-state index in [0.717, 1.165) is 0 Å². The minimum atomic E-state index is 0. The molecule has 0 unspecified atom stereocenters. The fourth-order valence-corrected chi connectivity index (χ4v) is 0.305. The van der Waals surface area contributed by atoms with Gasteiger partial charge in [0.2, 0.25) is 0 Å². The molecule has 1 rings (SSSR count). The molecule has 0 aliphatic carbocycles. The first-order valence-corrected chi connectivity index (χ1v) is 1.85. The Hall–Kier alpha value is -0.610. The van der Waals surface area contributed by atoms with Crippen molar-refractivity contribution in [3.8, 4) is 0 Å². The van der Waals surface area contributed by atoms with Crippen LogP contribution in [0.4, 0.5) is 11.5 Å². The second kappa shape index (κ2) is 4.29. The molecule has 0 amide bonds. The molecule has 0 fully saturated rings. The van der Waals surface area contributed by atoms with Crippen molar-refractivity contribution in [2.45, 2.75) is 0 Å². The number of hydrogen-bond acceptors (Lipinski definition) is 3. The SMILES string of the molecule is Cl.Cl.Nc1cn[nH]c1N. The molecule has 0 saturated carbocycles. The molecule has 0 aliphatic heterocycles. The number of rotatable bonds is 0. The maximum absolute atomic E-state index is 5.22. The quantitative estimate of drug-likeness (QED) is 0.529. The number of anilines is 2.